The van der Waals surface area contributed by atoms with Gasteiger partial charge in [-0.3, -0.25) is 14.6 Å². The third kappa shape index (κ3) is 3.30. The van der Waals surface area contributed by atoms with E-state index in [9.17, 15) is 4.79 Å². The van der Waals surface area contributed by atoms with Gasteiger partial charge in [0.15, 0.2) is 0 Å². The Labute approximate surface area is 142 Å². The number of amides is 1. The van der Waals surface area contributed by atoms with E-state index in [-0.39, 0.29) is 5.91 Å². The van der Waals surface area contributed by atoms with Gasteiger partial charge in [0.2, 0.25) is 0 Å². The maximum absolute atomic E-state index is 12.2. The lowest BCUT2D eigenvalue weighted by molar-refractivity contribution is -0.00284. The highest BCUT2D eigenvalue weighted by atomic mass is 32.1. The van der Waals surface area contributed by atoms with Crippen LogP contribution in [-0.2, 0) is 0 Å². The van der Waals surface area contributed by atoms with Crippen molar-refractivity contribution in [3.05, 3.63) is 16.6 Å². The van der Waals surface area contributed by atoms with Crippen LogP contribution in [0.3, 0.4) is 0 Å². The summed E-state index contributed by atoms with van der Waals surface area (Å²) in [6.45, 7) is 6.50. The molecule has 6 heteroatoms. The van der Waals surface area contributed by atoms with Gasteiger partial charge in [-0.1, -0.05) is 19.3 Å². The molecule has 3 heterocycles. The van der Waals surface area contributed by atoms with Gasteiger partial charge in [0.05, 0.1) is 5.51 Å². The molecule has 1 amide bonds. The van der Waals surface area contributed by atoms with Crippen LogP contribution >= 0.6 is 11.3 Å². The van der Waals surface area contributed by atoms with Gasteiger partial charge in [-0.2, -0.15) is 0 Å². The molecule has 3 fully saturated rings. The van der Waals surface area contributed by atoms with Crippen LogP contribution in [0, 0.1) is 0 Å². The predicted molar refractivity (Wildman–Crippen MR) is 91.8 cm³/mol. The van der Waals surface area contributed by atoms with E-state index in [1.807, 2.05) is 10.3 Å². The normalized spacial score (nSPS) is 25.5. The molecule has 23 heavy (non-hydrogen) atoms. The third-order valence-electron chi connectivity index (χ3n) is 5.76. The van der Waals surface area contributed by atoms with E-state index in [4.69, 9.17) is 0 Å². The Kier molecular flexibility index (Phi) is 4.64. The molecule has 0 radical (unpaired) electrons. The highest BCUT2D eigenvalue weighted by molar-refractivity contribution is 7.07. The molecule has 2 saturated heterocycles. The number of aromatic nitrogens is 1. The number of carbonyl (C=O) groups is 1. The van der Waals surface area contributed by atoms with Gasteiger partial charge in [-0.15, -0.1) is 11.3 Å². The summed E-state index contributed by atoms with van der Waals surface area (Å²) >= 11 is 1.49. The summed E-state index contributed by atoms with van der Waals surface area (Å²) in [7, 11) is 0. The SMILES string of the molecule is O=C(c1cscn1)N1CC(N2CCN(C3CCCCC3)CC2)C1. The number of carbonyl (C=O) groups excluding carboxylic acids is 1. The molecule has 0 aromatic carbocycles. The molecule has 1 aliphatic carbocycles. The smallest absolute Gasteiger partial charge is 0.273 e. The van der Waals surface area contributed by atoms with Crippen molar-refractivity contribution in [2.24, 2.45) is 0 Å². The molecule has 1 aromatic heterocycles. The second-order valence-corrected chi connectivity index (χ2v) is 7.82. The average Bonchev–Trinajstić information content (AvgIpc) is 3.09. The van der Waals surface area contributed by atoms with Crippen LogP contribution in [0.5, 0.6) is 0 Å². The van der Waals surface area contributed by atoms with Crippen molar-refractivity contribution in [3.8, 4) is 0 Å². The highest BCUT2D eigenvalue weighted by Crippen LogP contribution is 2.25. The van der Waals surface area contributed by atoms with Crippen LogP contribution in [0.25, 0.3) is 0 Å². The lowest BCUT2D eigenvalue weighted by Gasteiger charge is -2.49. The summed E-state index contributed by atoms with van der Waals surface area (Å²) in [5, 5.41) is 1.85. The molecule has 2 aliphatic heterocycles. The predicted octanol–water partition coefficient (Wildman–Crippen LogP) is 1.92. The van der Waals surface area contributed by atoms with Crippen molar-refractivity contribution in [1.29, 1.82) is 0 Å². The first kappa shape index (κ1) is 15.5. The molecule has 0 unspecified atom stereocenters. The first-order chi connectivity index (χ1) is 11.3. The van der Waals surface area contributed by atoms with Crippen molar-refractivity contribution in [3.63, 3.8) is 0 Å². The zero-order chi connectivity index (χ0) is 15.6. The van der Waals surface area contributed by atoms with Crippen molar-refractivity contribution >= 4 is 17.2 Å². The molecule has 3 aliphatic rings. The van der Waals surface area contributed by atoms with E-state index in [0.29, 0.717) is 11.7 Å². The Morgan fingerprint density at radius 2 is 1.65 bits per heavy atom. The molecule has 0 atom stereocenters. The standard InChI is InChI=1S/C17H26N4OS/c22-17(16-12-23-13-18-16)21-10-15(11-21)20-8-6-19(7-9-20)14-4-2-1-3-5-14/h12-15H,1-11H2. The summed E-state index contributed by atoms with van der Waals surface area (Å²) in [6, 6.07) is 1.40. The summed E-state index contributed by atoms with van der Waals surface area (Å²) in [6.07, 6.45) is 7.07. The van der Waals surface area contributed by atoms with Gasteiger partial charge < -0.3 is 4.90 Å². The van der Waals surface area contributed by atoms with E-state index in [2.05, 4.69) is 14.8 Å². The van der Waals surface area contributed by atoms with Crippen LogP contribution in [0.15, 0.2) is 10.9 Å². The summed E-state index contributed by atoms with van der Waals surface area (Å²) in [5.74, 6) is 0.100. The van der Waals surface area contributed by atoms with Gasteiger partial charge in [-0.05, 0) is 12.8 Å². The fourth-order valence-corrected chi connectivity index (χ4v) is 4.77. The lowest BCUT2D eigenvalue weighted by Crippen LogP contribution is -2.64. The highest BCUT2D eigenvalue weighted by Gasteiger charge is 2.37. The minimum absolute atomic E-state index is 0.100. The molecular weight excluding hydrogens is 308 g/mol. The Balaban J connectivity index is 1.22. The van der Waals surface area contributed by atoms with Gasteiger partial charge in [-0.25, -0.2) is 4.98 Å². The van der Waals surface area contributed by atoms with Gasteiger partial charge >= 0.3 is 0 Å². The Morgan fingerprint density at radius 3 is 2.26 bits per heavy atom. The number of hydrogen-bond acceptors (Lipinski definition) is 5. The molecule has 0 bridgehead atoms. The average molecular weight is 334 g/mol. The van der Waals surface area contributed by atoms with Gasteiger partial charge in [0.1, 0.15) is 5.69 Å². The van der Waals surface area contributed by atoms with Crippen LogP contribution in [0.1, 0.15) is 42.6 Å². The molecule has 0 spiro atoms. The van der Waals surface area contributed by atoms with Crippen molar-refractivity contribution < 1.29 is 4.79 Å². The minimum atomic E-state index is 0.100. The van der Waals surface area contributed by atoms with Crippen LogP contribution in [-0.4, -0.2) is 76.9 Å². The van der Waals surface area contributed by atoms with Crippen LogP contribution in [0.2, 0.25) is 0 Å². The van der Waals surface area contributed by atoms with E-state index in [1.54, 1.807) is 5.51 Å². The number of rotatable bonds is 3. The van der Waals surface area contributed by atoms with Crippen molar-refractivity contribution in [1.82, 2.24) is 19.7 Å². The first-order valence-electron chi connectivity index (χ1n) is 8.97. The Bertz CT molecular complexity index is 515. The summed E-state index contributed by atoms with van der Waals surface area (Å²) < 4.78 is 0. The first-order valence-corrected chi connectivity index (χ1v) is 9.91. The molecule has 4 rings (SSSR count). The van der Waals surface area contributed by atoms with Crippen LogP contribution in [0.4, 0.5) is 0 Å². The Morgan fingerprint density at radius 1 is 1.00 bits per heavy atom. The quantitative estimate of drug-likeness (QED) is 0.847. The summed E-state index contributed by atoms with van der Waals surface area (Å²) in [4.78, 5) is 23.6. The number of piperazine rings is 1. The van der Waals surface area contributed by atoms with Gasteiger partial charge in [0.25, 0.3) is 5.91 Å². The second kappa shape index (κ2) is 6.87. The maximum Gasteiger partial charge on any atom is 0.273 e. The molecular formula is C17H26N4OS. The summed E-state index contributed by atoms with van der Waals surface area (Å²) in [5.41, 5.74) is 2.34. The largest absolute Gasteiger partial charge is 0.334 e. The van der Waals surface area contributed by atoms with Crippen molar-refractivity contribution in [2.75, 3.05) is 39.3 Å². The second-order valence-electron chi connectivity index (χ2n) is 7.10. The third-order valence-corrected chi connectivity index (χ3v) is 6.34. The number of hydrogen-bond donors (Lipinski definition) is 0. The number of nitrogens with zero attached hydrogens (tertiary/aromatic N) is 4. The van der Waals surface area contributed by atoms with Gasteiger partial charge in [0, 0.05) is 56.7 Å². The maximum atomic E-state index is 12.2. The molecule has 5 nitrogen and oxygen atoms in total. The zero-order valence-electron chi connectivity index (χ0n) is 13.7. The molecule has 1 saturated carbocycles. The zero-order valence-corrected chi connectivity index (χ0v) is 14.5. The van der Waals surface area contributed by atoms with E-state index in [0.717, 1.165) is 19.1 Å². The fourth-order valence-electron chi connectivity index (χ4n) is 4.25. The number of thiazole rings is 1. The molecule has 126 valence electrons. The van der Waals surface area contributed by atoms with E-state index in [1.165, 1.54) is 69.6 Å². The molecule has 0 N–H and O–H groups in total. The van der Waals surface area contributed by atoms with E-state index >= 15 is 0 Å². The Hall–Kier alpha value is -0.980. The fraction of sp³-hybridized carbons (Fsp3) is 0.765. The van der Waals surface area contributed by atoms with Crippen molar-refractivity contribution in [2.45, 2.75) is 44.2 Å². The lowest BCUT2D eigenvalue weighted by atomic mass is 9.93. The monoisotopic (exact) mass is 334 g/mol. The topological polar surface area (TPSA) is 39.7 Å². The number of likely N-dealkylation sites (tertiary alicyclic amines) is 1. The van der Waals surface area contributed by atoms with E-state index < -0.39 is 0 Å². The van der Waals surface area contributed by atoms with Crippen LogP contribution < -0.4 is 0 Å². The molecule has 1 aromatic rings. The minimum Gasteiger partial charge on any atom is -0.334 e.